The summed E-state index contributed by atoms with van der Waals surface area (Å²) in [5.41, 5.74) is 5.44. The second kappa shape index (κ2) is 11.5. The number of carbonyl (C=O) groups is 1. The molecule has 0 atom stereocenters. The molecular weight excluding hydrogens is 396 g/mol. The zero-order valence-corrected chi connectivity index (χ0v) is 19.6. The first kappa shape index (κ1) is 22.8. The molecular formula is C27H38N4O. The number of piperidine rings is 1. The maximum absolute atomic E-state index is 12.6. The molecule has 0 radical (unpaired) electrons. The van der Waals surface area contributed by atoms with E-state index in [1.54, 1.807) is 0 Å². The summed E-state index contributed by atoms with van der Waals surface area (Å²) in [4.78, 5) is 19.4. The molecule has 0 spiro atoms. The molecule has 2 aromatic carbocycles. The van der Waals surface area contributed by atoms with Gasteiger partial charge in [0.2, 0.25) is 5.91 Å². The number of amides is 1. The first-order chi connectivity index (χ1) is 15.7. The maximum Gasteiger partial charge on any atom is 0.236 e. The van der Waals surface area contributed by atoms with Gasteiger partial charge in [0.15, 0.2) is 0 Å². The number of benzene rings is 2. The van der Waals surface area contributed by atoms with Crippen LogP contribution in [-0.2, 0) is 17.6 Å². The Morgan fingerprint density at radius 2 is 1.53 bits per heavy atom. The van der Waals surface area contributed by atoms with Crippen LogP contribution < -0.4 is 10.2 Å². The first-order valence-electron chi connectivity index (χ1n) is 12.3. The third-order valence-corrected chi connectivity index (χ3v) is 6.86. The Morgan fingerprint density at radius 1 is 0.906 bits per heavy atom. The number of rotatable bonds is 9. The number of anilines is 2. The summed E-state index contributed by atoms with van der Waals surface area (Å²) in [6, 6.07) is 17.5. The van der Waals surface area contributed by atoms with E-state index in [1.165, 1.54) is 54.9 Å². The second-order valence-corrected chi connectivity index (χ2v) is 9.16. The van der Waals surface area contributed by atoms with Gasteiger partial charge in [0, 0.05) is 44.6 Å². The molecule has 4 rings (SSSR count). The quantitative estimate of drug-likeness (QED) is 0.609. The highest BCUT2D eigenvalue weighted by Gasteiger charge is 2.20. The fraction of sp³-hybridized carbons (Fsp3) is 0.519. The van der Waals surface area contributed by atoms with Crippen LogP contribution in [0.4, 0.5) is 11.4 Å². The summed E-state index contributed by atoms with van der Waals surface area (Å²) in [6.07, 6.45) is 7.08. The Balaban J connectivity index is 1.26. The third-order valence-electron chi connectivity index (χ3n) is 6.86. The lowest BCUT2D eigenvalue weighted by molar-refractivity contribution is -0.128. The van der Waals surface area contributed by atoms with E-state index in [1.807, 2.05) is 11.9 Å². The number of likely N-dealkylation sites (tertiary alicyclic amines) is 1. The molecule has 2 heterocycles. The number of aryl methyl sites for hydroxylation is 2. The zero-order chi connectivity index (χ0) is 22.2. The summed E-state index contributed by atoms with van der Waals surface area (Å²) in [5, 5.41) is 3.34. The van der Waals surface area contributed by atoms with Gasteiger partial charge in [0.25, 0.3) is 0 Å². The van der Waals surface area contributed by atoms with Gasteiger partial charge in [-0.3, -0.25) is 4.79 Å². The normalized spacial score (nSPS) is 16.2. The maximum atomic E-state index is 12.6. The van der Waals surface area contributed by atoms with Crippen LogP contribution in [0, 0.1) is 0 Å². The lowest BCUT2D eigenvalue weighted by Gasteiger charge is -2.28. The predicted octanol–water partition coefficient (Wildman–Crippen LogP) is 3.85. The van der Waals surface area contributed by atoms with Gasteiger partial charge in [-0.15, -0.1) is 0 Å². The van der Waals surface area contributed by atoms with Gasteiger partial charge >= 0.3 is 0 Å². The van der Waals surface area contributed by atoms with Crippen LogP contribution in [0.3, 0.4) is 0 Å². The van der Waals surface area contributed by atoms with E-state index in [2.05, 4.69) is 63.6 Å². The fourth-order valence-corrected chi connectivity index (χ4v) is 4.95. The van der Waals surface area contributed by atoms with E-state index >= 15 is 0 Å². The van der Waals surface area contributed by atoms with Crippen LogP contribution in [0.5, 0.6) is 0 Å². The SMILES string of the molecule is CN(CCCN1c2ccccc2CCc2ccccc21)C(=O)CNCCN1CCCCC1. The molecule has 1 fully saturated rings. The molecule has 2 aliphatic heterocycles. The van der Waals surface area contributed by atoms with Gasteiger partial charge in [0.05, 0.1) is 6.54 Å². The lowest BCUT2D eigenvalue weighted by Crippen LogP contribution is -2.40. The highest BCUT2D eigenvalue weighted by Crippen LogP contribution is 2.35. The number of hydrogen-bond donors (Lipinski definition) is 1. The Morgan fingerprint density at radius 3 is 2.19 bits per heavy atom. The van der Waals surface area contributed by atoms with Crippen molar-refractivity contribution in [2.24, 2.45) is 0 Å². The van der Waals surface area contributed by atoms with Gasteiger partial charge in [-0.05, 0) is 68.5 Å². The molecule has 0 bridgehead atoms. The number of nitrogens with zero attached hydrogens (tertiary/aromatic N) is 3. The smallest absolute Gasteiger partial charge is 0.236 e. The monoisotopic (exact) mass is 434 g/mol. The highest BCUT2D eigenvalue weighted by molar-refractivity contribution is 5.78. The van der Waals surface area contributed by atoms with Crippen LogP contribution >= 0.6 is 0 Å². The molecule has 0 unspecified atom stereocenters. The molecule has 2 aromatic rings. The van der Waals surface area contributed by atoms with Crippen LogP contribution in [0.15, 0.2) is 48.5 Å². The van der Waals surface area contributed by atoms with Gasteiger partial charge in [-0.25, -0.2) is 0 Å². The largest absolute Gasteiger partial charge is 0.345 e. The van der Waals surface area contributed by atoms with E-state index in [9.17, 15) is 4.79 Å². The molecule has 0 aromatic heterocycles. The van der Waals surface area contributed by atoms with Crippen molar-refractivity contribution in [2.45, 2.75) is 38.5 Å². The predicted molar refractivity (Wildman–Crippen MR) is 133 cm³/mol. The second-order valence-electron chi connectivity index (χ2n) is 9.16. The minimum atomic E-state index is 0.181. The first-order valence-corrected chi connectivity index (χ1v) is 12.3. The molecule has 1 amide bonds. The van der Waals surface area contributed by atoms with Crippen molar-refractivity contribution in [1.29, 1.82) is 0 Å². The lowest BCUT2D eigenvalue weighted by atomic mass is 10.0. The van der Waals surface area contributed by atoms with E-state index < -0.39 is 0 Å². The highest BCUT2D eigenvalue weighted by atomic mass is 16.2. The van der Waals surface area contributed by atoms with E-state index in [0.717, 1.165) is 45.4 Å². The number of carbonyl (C=O) groups excluding carboxylic acids is 1. The minimum Gasteiger partial charge on any atom is -0.345 e. The summed E-state index contributed by atoms with van der Waals surface area (Å²) in [7, 11) is 1.93. The summed E-state index contributed by atoms with van der Waals surface area (Å²) < 4.78 is 0. The third kappa shape index (κ3) is 5.90. The van der Waals surface area contributed by atoms with Crippen LogP contribution in [0.1, 0.15) is 36.8 Å². The van der Waals surface area contributed by atoms with Gasteiger partial charge < -0.3 is 20.0 Å². The Kier molecular flexibility index (Phi) is 8.18. The Hall–Kier alpha value is -2.37. The van der Waals surface area contributed by atoms with Crippen molar-refractivity contribution in [2.75, 3.05) is 57.8 Å². The molecule has 5 nitrogen and oxygen atoms in total. The standard InChI is InChI=1S/C27H38N4O/c1-29(27(32)22-28-16-21-30-18-7-2-8-19-30)17-9-20-31-25-12-5-3-10-23(25)14-15-24-11-4-6-13-26(24)31/h3-6,10-13,28H,2,7-9,14-22H2,1H3. The van der Waals surface area contributed by atoms with Crippen LogP contribution in [-0.4, -0.2) is 68.6 Å². The van der Waals surface area contributed by atoms with Crippen molar-refractivity contribution in [3.05, 3.63) is 59.7 Å². The average molecular weight is 435 g/mol. The van der Waals surface area contributed by atoms with Gasteiger partial charge in [0.1, 0.15) is 0 Å². The van der Waals surface area contributed by atoms with Crippen molar-refractivity contribution in [3.63, 3.8) is 0 Å². The van der Waals surface area contributed by atoms with Crippen molar-refractivity contribution in [1.82, 2.24) is 15.1 Å². The van der Waals surface area contributed by atoms with Gasteiger partial charge in [-0.2, -0.15) is 0 Å². The van der Waals surface area contributed by atoms with E-state index in [4.69, 9.17) is 0 Å². The average Bonchev–Trinajstić information content (AvgIpc) is 2.99. The number of nitrogens with one attached hydrogen (secondary N) is 1. The van der Waals surface area contributed by atoms with Gasteiger partial charge in [-0.1, -0.05) is 42.8 Å². The molecule has 172 valence electrons. The summed E-state index contributed by atoms with van der Waals surface area (Å²) >= 11 is 0. The van der Waals surface area contributed by atoms with E-state index in [-0.39, 0.29) is 5.91 Å². The number of likely N-dealkylation sites (N-methyl/N-ethyl adjacent to an activating group) is 1. The van der Waals surface area contributed by atoms with Crippen molar-refractivity contribution >= 4 is 17.3 Å². The minimum absolute atomic E-state index is 0.181. The summed E-state index contributed by atoms with van der Waals surface area (Å²) in [5.74, 6) is 0.181. The number of para-hydroxylation sites is 2. The fourth-order valence-electron chi connectivity index (χ4n) is 4.95. The molecule has 2 aliphatic rings. The van der Waals surface area contributed by atoms with Crippen molar-refractivity contribution in [3.8, 4) is 0 Å². The molecule has 1 saturated heterocycles. The molecule has 0 saturated carbocycles. The van der Waals surface area contributed by atoms with E-state index in [0.29, 0.717) is 6.54 Å². The summed E-state index contributed by atoms with van der Waals surface area (Å²) in [6.45, 7) is 6.46. The Labute approximate surface area is 193 Å². The molecule has 32 heavy (non-hydrogen) atoms. The zero-order valence-electron chi connectivity index (χ0n) is 19.6. The number of hydrogen-bond acceptors (Lipinski definition) is 4. The van der Waals surface area contributed by atoms with Crippen LogP contribution in [0.2, 0.25) is 0 Å². The van der Waals surface area contributed by atoms with Crippen molar-refractivity contribution < 1.29 is 4.79 Å². The molecule has 1 N–H and O–H groups in total. The van der Waals surface area contributed by atoms with Crippen LogP contribution in [0.25, 0.3) is 0 Å². The Bertz CT molecular complexity index is 830. The number of fused-ring (bicyclic) bond motifs is 2. The topological polar surface area (TPSA) is 38.8 Å². The molecule has 0 aliphatic carbocycles. The molecule has 5 heteroatoms.